The summed E-state index contributed by atoms with van der Waals surface area (Å²) in [7, 11) is 1.58. The molecular formula is C22H25N5O3S. The number of carbonyl (C=O) groups excluding carboxylic acids is 1. The monoisotopic (exact) mass is 439 g/mol. The number of amides is 1. The summed E-state index contributed by atoms with van der Waals surface area (Å²) in [4.78, 5) is 33.4. The molecule has 4 rings (SSSR count). The molecule has 1 aromatic carbocycles. The minimum absolute atomic E-state index is 0.0781. The van der Waals surface area contributed by atoms with Crippen LogP contribution in [0.3, 0.4) is 0 Å². The number of ether oxygens (including phenoxy) is 1. The number of pyridine rings is 1. The Morgan fingerprint density at radius 3 is 2.77 bits per heavy atom. The van der Waals surface area contributed by atoms with Crippen molar-refractivity contribution >= 4 is 29.0 Å². The third-order valence-electron chi connectivity index (χ3n) is 5.48. The maximum Gasteiger partial charge on any atom is 0.326 e. The fourth-order valence-electron chi connectivity index (χ4n) is 3.78. The zero-order chi connectivity index (χ0) is 22.1. The average Bonchev–Trinajstić information content (AvgIpc) is 2.72. The maximum absolute atomic E-state index is 12.2. The van der Waals surface area contributed by atoms with Crippen LogP contribution in [-0.2, 0) is 13.1 Å². The number of aromatic amines is 1. The van der Waals surface area contributed by atoms with Crippen LogP contribution < -0.4 is 15.7 Å². The molecule has 0 radical (unpaired) electrons. The predicted octanol–water partition coefficient (Wildman–Crippen LogP) is 2.41. The van der Waals surface area contributed by atoms with Gasteiger partial charge in [0.2, 0.25) is 0 Å². The van der Waals surface area contributed by atoms with E-state index in [9.17, 15) is 9.59 Å². The molecule has 1 aliphatic heterocycles. The van der Waals surface area contributed by atoms with Crippen LogP contribution in [0.25, 0.3) is 10.9 Å². The number of nitrogens with one attached hydrogen (secondary N) is 2. The Morgan fingerprint density at radius 2 is 2.10 bits per heavy atom. The number of rotatable bonds is 6. The lowest BCUT2D eigenvalue weighted by molar-refractivity contribution is 0.0139. The molecule has 0 aliphatic carbocycles. The number of carbonyl (C=O) groups is 1. The molecule has 8 nitrogen and oxygen atoms in total. The molecule has 31 heavy (non-hydrogen) atoms. The van der Waals surface area contributed by atoms with E-state index in [4.69, 9.17) is 17.0 Å². The van der Waals surface area contributed by atoms with Gasteiger partial charge in [-0.15, -0.1) is 0 Å². The summed E-state index contributed by atoms with van der Waals surface area (Å²) >= 11 is 5.45. The number of aromatic nitrogens is 3. The second-order valence-corrected chi connectivity index (χ2v) is 8.04. The van der Waals surface area contributed by atoms with Crippen molar-refractivity contribution in [2.75, 3.05) is 20.1 Å². The van der Waals surface area contributed by atoms with Crippen molar-refractivity contribution in [1.29, 1.82) is 0 Å². The fourth-order valence-corrected chi connectivity index (χ4v) is 4.17. The van der Waals surface area contributed by atoms with Crippen LogP contribution in [-0.4, -0.2) is 51.6 Å². The molecule has 3 heterocycles. The largest absolute Gasteiger partial charge is 0.486 e. The van der Waals surface area contributed by atoms with Crippen LogP contribution in [0.4, 0.5) is 0 Å². The second kappa shape index (κ2) is 8.60. The molecule has 0 bridgehead atoms. The van der Waals surface area contributed by atoms with Crippen molar-refractivity contribution in [2.45, 2.75) is 33.0 Å². The highest BCUT2D eigenvalue weighted by atomic mass is 32.1. The molecular weight excluding hydrogens is 414 g/mol. The highest BCUT2D eigenvalue weighted by Crippen LogP contribution is 2.23. The van der Waals surface area contributed by atoms with Crippen molar-refractivity contribution in [3.8, 4) is 5.75 Å². The first kappa shape index (κ1) is 21.2. The molecule has 1 fully saturated rings. The van der Waals surface area contributed by atoms with Gasteiger partial charge in [-0.2, -0.15) is 0 Å². The Labute approximate surface area is 184 Å². The highest BCUT2D eigenvalue weighted by Gasteiger charge is 2.29. The molecule has 1 aliphatic rings. The van der Waals surface area contributed by atoms with Gasteiger partial charge in [0.25, 0.3) is 5.91 Å². The summed E-state index contributed by atoms with van der Waals surface area (Å²) in [5.41, 5.74) is 2.77. The van der Waals surface area contributed by atoms with Gasteiger partial charge >= 0.3 is 5.69 Å². The molecule has 1 saturated heterocycles. The predicted molar refractivity (Wildman–Crippen MR) is 121 cm³/mol. The molecule has 2 N–H and O–H groups in total. The Kier molecular flexibility index (Phi) is 5.88. The quantitative estimate of drug-likeness (QED) is 0.573. The number of benzene rings is 1. The minimum atomic E-state index is -0.214. The molecule has 0 unspecified atom stereocenters. The van der Waals surface area contributed by atoms with Gasteiger partial charge in [0.1, 0.15) is 22.2 Å². The zero-order valence-corrected chi connectivity index (χ0v) is 18.6. The number of nitrogens with zero attached hydrogens (tertiary/aromatic N) is 3. The van der Waals surface area contributed by atoms with E-state index in [0.717, 1.165) is 36.1 Å². The SMILES string of the molecule is CCn1c(=O)[nH]c2cc(CN3CC(Oc4ccc(C(=O)NC)nc4C)C3)ccc2c1=S. The van der Waals surface area contributed by atoms with Gasteiger partial charge in [-0.1, -0.05) is 18.3 Å². The third kappa shape index (κ3) is 4.24. The zero-order valence-electron chi connectivity index (χ0n) is 17.8. The molecule has 2 aromatic heterocycles. The van der Waals surface area contributed by atoms with Crippen LogP contribution in [0.1, 0.15) is 28.7 Å². The van der Waals surface area contributed by atoms with Crippen LogP contribution in [0.15, 0.2) is 35.1 Å². The van der Waals surface area contributed by atoms with Gasteiger partial charge in [-0.25, -0.2) is 9.78 Å². The first-order chi connectivity index (χ1) is 14.9. The number of H-pyrrole nitrogens is 1. The number of likely N-dealkylation sites (tertiary alicyclic amines) is 1. The van der Waals surface area contributed by atoms with E-state index in [0.29, 0.717) is 28.3 Å². The average molecular weight is 440 g/mol. The van der Waals surface area contributed by atoms with E-state index >= 15 is 0 Å². The van der Waals surface area contributed by atoms with Crippen LogP contribution >= 0.6 is 12.2 Å². The van der Waals surface area contributed by atoms with Crippen molar-refractivity contribution in [3.63, 3.8) is 0 Å². The Hall–Kier alpha value is -3.04. The van der Waals surface area contributed by atoms with Gasteiger partial charge < -0.3 is 15.0 Å². The summed E-state index contributed by atoms with van der Waals surface area (Å²) in [6.45, 7) is 6.64. The minimum Gasteiger partial charge on any atom is -0.486 e. The first-order valence-corrected chi connectivity index (χ1v) is 10.6. The number of fused-ring (bicyclic) bond motifs is 1. The lowest BCUT2D eigenvalue weighted by Gasteiger charge is -2.39. The Bertz CT molecular complexity index is 1260. The summed E-state index contributed by atoms with van der Waals surface area (Å²) < 4.78 is 8.17. The van der Waals surface area contributed by atoms with Crippen molar-refractivity contribution < 1.29 is 9.53 Å². The van der Waals surface area contributed by atoms with Gasteiger partial charge in [0, 0.05) is 38.6 Å². The van der Waals surface area contributed by atoms with E-state index in [1.54, 1.807) is 23.7 Å². The van der Waals surface area contributed by atoms with E-state index in [2.05, 4.69) is 26.3 Å². The topological polar surface area (TPSA) is 92.3 Å². The van der Waals surface area contributed by atoms with Crippen molar-refractivity contribution in [3.05, 3.63) is 62.4 Å². The molecule has 1 amide bonds. The van der Waals surface area contributed by atoms with Gasteiger partial charge in [0.05, 0.1) is 11.2 Å². The molecule has 162 valence electrons. The van der Waals surface area contributed by atoms with Crippen LogP contribution in [0.5, 0.6) is 5.75 Å². The Balaban J connectivity index is 1.39. The van der Waals surface area contributed by atoms with Crippen LogP contribution in [0, 0.1) is 11.6 Å². The van der Waals surface area contributed by atoms with E-state index in [1.165, 1.54) is 0 Å². The Morgan fingerprint density at radius 1 is 1.32 bits per heavy atom. The normalized spacial score (nSPS) is 14.4. The van der Waals surface area contributed by atoms with Gasteiger partial charge in [0.15, 0.2) is 0 Å². The van der Waals surface area contributed by atoms with Gasteiger partial charge in [-0.3, -0.25) is 14.3 Å². The smallest absolute Gasteiger partial charge is 0.326 e. The molecule has 3 aromatic rings. The number of aryl methyl sites for hydroxylation is 1. The van der Waals surface area contributed by atoms with E-state index in [1.807, 2.05) is 26.0 Å². The van der Waals surface area contributed by atoms with Crippen LogP contribution in [0.2, 0.25) is 0 Å². The number of hydrogen-bond donors (Lipinski definition) is 2. The first-order valence-electron chi connectivity index (χ1n) is 10.2. The molecule has 9 heteroatoms. The second-order valence-electron chi connectivity index (χ2n) is 7.65. The van der Waals surface area contributed by atoms with E-state index in [-0.39, 0.29) is 17.7 Å². The standard InChI is InChI=1S/C22H25N5O3S/c1-4-27-21(31)16-6-5-14(9-18(16)25-22(27)29)10-26-11-15(12-26)30-19-8-7-17(20(28)23-3)24-13(19)2/h5-9,15H,4,10-12H2,1-3H3,(H,23,28)(H,25,29). The maximum atomic E-state index is 12.2. The van der Waals surface area contributed by atoms with Gasteiger partial charge in [-0.05, 0) is 43.7 Å². The summed E-state index contributed by atoms with van der Waals surface area (Å²) in [5, 5.41) is 3.45. The fraction of sp³-hybridized carbons (Fsp3) is 0.364. The highest BCUT2D eigenvalue weighted by molar-refractivity contribution is 7.71. The molecule has 0 atom stereocenters. The van der Waals surface area contributed by atoms with E-state index < -0.39 is 0 Å². The summed E-state index contributed by atoms with van der Waals surface area (Å²) in [6, 6.07) is 9.49. The summed E-state index contributed by atoms with van der Waals surface area (Å²) in [6.07, 6.45) is 0.0781. The number of hydrogen-bond acceptors (Lipinski definition) is 6. The third-order valence-corrected chi connectivity index (χ3v) is 5.92. The molecule has 0 saturated carbocycles. The lowest BCUT2D eigenvalue weighted by Crippen LogP contribution is -2.53. The summed E-state index contributed by atoms with van der Waals surface area (Å²) in [5.74, 6) is 0.483. The van der Waals surface area contributed by atoms with Crippen molar-refractivity contribution in [1.82, 2.24) is 24.8 Å². The van der Waals surface area contributed by atoms with Crippen molar-refractivity contribution in [2.24, 2.45) is 0 Å². The molecule has 0 spiro atoms. The lowest BCUT2D eigenvalue weighted by atomic mass is 10.1.